The zero-order valence-corrected chi connectivity index (χ0v) is 13.9. The van der Waals surface area contributed by atoms with Crippen molar-refractivity contribution in [2.75, 3.05) is 6.61 Å². The van der Waals surface area contributed by atoms with Gasteiger partial charge in [0.15, 0.2) is 0 Å². The third-order valence-electron chi connectivity index (χ3n) is 3.47. The van der Waals surface area contributed by atoms with Gasteiger partial charge in [-0.1, -0.05) is 13.8 Å². The Kier molecular flexibility index (Phi) is 5.56. The lowest BCUT2D eigenvalue weighted by Crippen LogP contribution is -2.32. The number of carbonyl (C=O) groups excluding carboxylic acids is 1. The standard InChI is InChI=1S/C15H25N3O2S/c1-4-20-15-17-11(13(18-15)10-5-6-10)8-16-14(19)12(21)7-9(2)3/h9-10,12,21H,4-8H2,1-3H3,(H,16,19)(H,17,18)/t12-/m0/s1. The monoisotopic (exact) mass is 311 g/mol. The molecule has 1 aromatic heterocycles. The maximum absolute atomic E-state index is 12.0. The van der Waals surface area contributed by atoms with Gasteiger partial charge in [-0.3, -0.25) is 4.79 Å². The van der Waals surface area contributed by atoms with Crippen LogP contribution in [0.5, 0.6) is 6.01 Å². The van der Waals surface area contributed by atoms with E-state index in [1.807, 2.05) is 6.92 Å². The molecule has 118 valence electrons. The summed E-state index contributed by atoms with van der Waals surface area (Å²) in [6.45, 7) is 7.14. The van der Waals surface area contributed by atoms with E-state index in [1.54, 1.807) is 0 Å². The Morgan fingerprint density at radius 2 is 2.24 bits per heavy atom. The van der Waals surface area contributed by atoms with E-state index in [4.69, 9.17) is 4.74 Å². The van der Waals surface area contributed by atoms with Gasteiger partial charge < -0.3 is 15.0 Å². The Bertz CT molecular complexity index is 483. The quantitative estimate of drug-likeness (QED) is 0.647. The van der Waals surface area contributed by atoms with Gasteiger partial charge in [0.1, 0.15) is 0 Å². The molecule has 1 atom stereocenters. The molecule has 1 aliphatic rings. The lowest BCUT2D eigenvalue weighted by Gasteiger charge is -2.13. The van der Waals surface area contributed by atoms with E-state index in [2.05, 4.69) is 41.8 Å². The van der Waals surface area contributed by atoms with Crippen molar-refractivity contribution in [2.24, 2.45) is 5.92 Å². The lowest BCUT2D eigenvalue weighted by atomic mass is 10.1. The Hall–Kier alpha value is -1.17. The molecule has 2 rings (SSSR count). The van der Waals surface area contributed by atoms with Gasteiger partial charge >= 0.3 is 0 Å². The molecule has 0 unspecified atom stereocenters. The molecule has 1 aliphatic carbocycles. The number of hydrogen-bond donors (Lipinski definition) is 3. The zero-order chi connectivity index (χ0) is 15.4. The number of ether oxygens (including phenoxy) is 1. The van der Waals surface area contributed by atoms with Crippen molar-refractivity contribution in [3.63, 3.8) is 0 Å². The van der Waals surface area contributed by atoms with Crippen molar-refractivity contribution in [3.05, 3.63) is 11.4 Å². The number of hydrogen-bond acceptors (Lipinski definition) is 4. The van der Waals surface area contributed by atoms with Crippen LogP contribution < -0.4 is 10.1 Å². The van der Waals surface area contributed by atoms with Crippen molar-refractivity contribution >= 4 is 18.5 Å². The summed E-state index contributed by atoms with van der Waals surface area (Å²) in [5, 5.41) is 2.68. The average molecular weight is 311 g/mol. The van der Waals surface area contributed by atoms with Crippen LogP contribution in [-0.4, -0.2) is 27.7 Å². The molecule has 6 heteroatoms. The van der Waals surface area contributed by atoms with Gasteiger partial charge in [0.05, 0.1) is 29.8 Å². The largest absolute Gasteiger partial charge is 0.465 e. The van der Waals surface area contributed by atoms with Crippen molar-refractivity contribution in [2.45, 2.75) is 57.7 Å². The normalized spacial score (nSPS) is 16.0. The molecule has 1 fully saturated rings. The number of rotatable bonds is 8. The second-order valence-corrected chi connectivity index (χ2v) is 6.60. The van der Waals surface area contributed by atoms with Gasteiger partial charge in [-0.2, -0.15) is 17.6 Å². The summed E-state index contributed by atoms with van der Waals surface area (Å²) in [7, 11) is 0. The summed E-state index contributed by atoms with van der Waals surface area (Å²) in [5.74, 6) is 0.947. The minimum Gasteiger partial charge on any atom is -0.465 e. The van der Waals surface area contributed by atoms with E-state index >= 15 is 0 Å². The van der Waals surface area contributed by atoms with Gasteiger partial charge in [0, 0.05) is 5.92 Å². The van der Waals surface area contributed by atoms with Crippen LogP contribution in [0, 0.1) is 5.92 Å². The second kappa shape index (κ2) is 7.20. The molecular formula is C15H25N3O2S. The van der Waals surface area contributed by atoms with Gasteiger partial charge in [-0.15, -0.1) is 0 Å². The molecule has 1 saturated carbocycles. The predicted octanol–water partition coefficient (Wildman–Crippen LogP) is 2.65. The van der Waals surface area contributed by atoms with Crippen LogP contribution in [0.15, 0.2) is 0 Å². The average Bonchev–Trinajstić information content (AvgIpc) is 3.18. The number of imidazole rings is 1. The van der Waals surface area contributed by atoms with E-state index in [0.717, 1.165) is 17.8 Å². The molecule has 0 spiro atoms. The van der Waals surface area contributed by atoms with Crippen LogP contribution in [0.4, 0.5) is 0 Å². The van der Waals surface area contributed by atoms with Crippen LogP contribution in [0.3, 0.4) is 0 Å². The molecule has 21 heavy (non-hydrogen) atoms. The molecule has 5 nitrogen and oxygen atoms in total. The van der Waals surface area contributed by atoms with Gasteiger partial charge in [-0.05, 0) is 32.1 Å². The summed E-state index contributed by atoms with van der Waals surface area (Å²) in [6.07, 6.45) is 3.11. The highest BCUT2D eigenvalue weighted by Crippen LogP contribution is 2.41. The Labute approximate surface area is 131 Å². The smallest absolute Gasteiger partial charge is 0.294 e. The fourth-order valence-electron chi connectivity index (χ4n) is 2.28. The first kappa shape index (κ1) is 16.2. The summed E-state index contributed by atoms with van der Waals surface area (Å²) in [5.41, 5.74) is 2.00. The number of amides is 1. The summed E-state index contributed by atoms with van der Waals surface area (Å²) < 4.78 is 5.42. The first-order valence-electron chi connectivity index (χ1n) is 7.68. The number of aromatic amines is 1. The highest BCUT2D eigenvalue weighted by atomic mass is 32.1. The van der Waals surface area contributed by atoms with E-state index in [-0.39, 0.29) is 11.2 Å². The fraction of sp³-hybridized carbons (Fsp3) is 0.733. The number of aromatic nitrogens is 2. The van der Waals surface area contributed by atoms with Crippen molar-refractivity contribution in [3.8, 4) is 6.01 Å². The highest BCUT2D eigenvalue weighted by molar-refractivity contribution is 7.81. The highest BCUT2D eigenvalue weighted by Gasteiger charge is 2.30. The first-order chi connectivity index (χ1) is 10.0. The summed E-state index contributed by atoms with van der Waals surface area (Å²) >= 11 is 4.37. The van der Waals surface area contributed by atoms with Crippen molar-refractivity contribution < 1.29 is 9.53 Å². The number of nitrogens with one attached hydrogen (secondary N) is 2. The minimum atomic E-state index is -0.261. The third-order valence-corrected chi connectivity index (χ3v) is 3.92. The number of H-pyrrole nitrogens is 1. The minimum absolute atomic E-state index is 0.0265. The van der Waals surface area contributed by atoms with Crippen LogP contribution >= 0.6 is 12.6 Å². The molecule has 0 saturated heterocycles. The predicted molar refractivity (Wildman–Crippen MR) is 85.8 cm³/mol. The summed E-state index contributed by atoms with van der Waals surface area (Å²) in [4.78, 5) is 19.7. The van der Waals surface area contributed by atoms with E-state index in [0.29, 0.717) is 31.0 Å². The molecule has 2 N–H and O–H groups in total. The molecule has 1 heterocycles. The molecule has 1 aromatic rings. The molecule has 0 bridgehead atoms. The Morgan fingerprint density at radius 3 is 2.81 bits per heavy atom. The number of thiol groups is 1. The summed E-state index contributed by atoms with van der Waals surface area (Å²) in [6, 6.07) is 0.549. The molecule has 0 aliphatic heterocycles. The third kappa shape index (κ3) is 4.66. The van der Waals surface area contributed by atoms with Crippen LogP contribution in [0.25, 0.3) is 0 Å². The molecule has 0 radical (unpaired) electrons. The zero-order valence-electron chi connectivity index (χ0n) is 13.0. The van der Waals surface area contributed by atoms with Gasteiger partial charge in [0.25, 0.3) is 6.01 Å². The van der Waals surface area contributed by atoms with E-state index in [1.165, 1.54) is 12.8 Å². The lowest BCUT2D eigenvalue weighted by molar-refractivity contribution is -0.121. The Balaban J connectivity index is 1.94. The van der Waals surface area contributed by atoms with Gasteiger partial charge in [-0.25, -0.2) is 0 Å². The van der Waals surface area contributed by atoms with Crippen LogP contribution in [0.1, 0.15) is 57.3 Å². The first-order valence-corrected chi connectivity index (χ1v) is 8.20. The Morgan fingerprint density at radius 1 is 1.52 bits per heavy atom. The molecule has 1 amide bonds. The topological polar surface area (TPSA) is 67.0 Å². The molecular weight excluding hydrogens is 286 g/mol. The van der Waals surface area contributed by atoms with Crippen molar-refractivity contribution in [1.82, 2.24) is 15.3 Å². The SMILES string of the molecule is CCOc1nc(C2CC2)c(CNC(=O)[C@@H](S)CC(C)C)[nH]1. The maximum Gasteiger partial charge on any atom is 0.294 e. The van der Waals surface area contributed by atoms with E-state index < -0.39 is 0 Å². The van der Waals surface area contributed by atoms with Crippen molar-refractivity contribution in [1.29, 1.82) is 0 Å². The second-order valence-electron chi connectivity index (χ2n) is 5.98. The number of nitrogens with zero attached hydrogens (tertiary/aromatic N) is 1. The van der Waals surface area contributed by atoms with Gasteiger partial charge in [0.2, 0.25) is 5.91 Å². The van der Waals surface area contributed by atoms with E-state index in [9.17, 15) is 4.79 Å². The van der Waals surface area contributed by atoms with Crippen LogP contribution in [0.2, 0.25) is 0 Å². The fourth-order valence-corrected chi connectivity index (χ4v) is 2.79. The number of carbonyl (C=O) groups is 1. The molecule has 0 aromatic carbocycles. The van der Waals surface area contributed by atoms with Crippen LogP contribution in [-0.2, 0) is 11.3 Å². The maximum atomic E-state index is 12.0.